The van der Waals surface area contributed by atoms with Gasteiger partial charge in [0.2, 0.25) is 0 Å². The number of rotatable bonds is 5. The third-order valence-electron chi connectivity index (χ3n) is 5.07. The van der Waals surface area contributed by atoms with Crippen LogP contribution in [0.3, 0.4) is 0 Å². The third-order valence-corrected chi connectivity index (χ3v) is 5.07. The van der Waals surface area contributed by atoms with Gasteiger partial charge < -0.3 is 0 Å². The SMILES string of the molecule is CCCc1c(C)c(=O)n(C)c(=O)n1Cc1ccccc1-c1ccccc1C#N. The monoisotopic (exact) mass is 373 g/mol. The lowest BCUT2D eigenvalue weighted by Crippen LogP contribution is -2.41. The van der Waals surface area contributed by atoms with Crippen LogP contribution in [0.2, 0.25) is 0 Å². The van der Waals surface area contributed by atoms with Crippen molar-refractivity contribution in [1.29, 1.82) is 5.26 Å². The van der Waals surface area contributed by atoms with Crippen LogP contribution < -0.4 is 11.2 Å². The van der Waals surface area contributed by atoms with Gasteiger partial charge in [0.1, 0.15) is 0 Å². The van der Waals surface area contributed by atoms with Crippen molar-refractivity contribution in [2.45, 2.75) is 33.2 Å². The highest BCUT2D eigenvalue weighted by molar-refractivity contribution is 5.73. The quantitative estimate of drug-likeness (QED) is 0.688. The zero-order valence-electron chi connectivity index (χ0n) is 16.4. The number of aromatic nitrogens is 2. The molecule has 0 aliphatic heterocycles. The lowest BCUT2D eigenvalue weighted by Gasteiger charge is -2.18. The van der Waals surface area contributed by atoms with Crippen LogP contribution in [-0.4, -0.2) is 9.13 Å². The molecule has 5 nitrogen and oxygen atoms in total. The molecule has 2 aromatic carbocycles. The smallest absolute Gasteiger partial charge is 0.293 e. The molecule has 0 spiro atoms. The van der Waals surface area contributed by atoms with Gasteiger partial charge in [0.15, 0.2) is 0 Å². The molecular weight excluding hydrogens is 350 g/mol. The largest absolute Gasteiger partial charge is 0.331 e. The summed E-state index contributed by atoms with van der Waals surface area (Å²) in [4.78, 5) is 25.3. The van der Waals surface area contributed by atoms with E-state index in [-0.39, 0.29) is 11.2 Å². The first-order valence-electron chi connectivity index (χ1n) is 9.36. The number of nitriles is 1. The van der Waals surface area contributed by atoms with Gasteiger partial charge in [0.25, 0.3) is 5.56 Å². The van der Waals surface area contributed by atoms with Crippen molar-refractivity contribution in [3.8, 4) is 17.2 Å². The second-order valence-corrected chi connectivity index (χ2v) is 6.87. The number of hydrogen-bond acceptors (Lipinski definition) is 3. The molecule has 0 fully saturated rings. The van der Waals surface area contributed by atoms with Gasteiger partial charge in [-0.2, -0.15) is 5.26 Å². The fraction of sp³-hybridized carbons (Fsp3) is 0.261. The van der Waals surface area contributed by atoms with Crippen LogP contribution in [-0.2, 0) is 20.0 Å². The van der Waals surface area contributed by atoms with Crippen LogP contribution >= 0.6 is 0 Å². The van der Waals surface area contributed by atoms with Crippen molar-refractivity contribution in [3.05, 3.63) is 91.8 Å². The van der Waals surface area contributed by atoms with Crippen LogP contribution in [0.25, 0.3) is 11.1 Å². The molecule has 0 saturated heterocycles. The average molecular weight is 373 g/mol. The summed E-state index contributed by atoms with van der Waals surface area (Å²) in [5.74, 6) is 0. The van der Waals surface area contributed by atoms with Gasteiger partial charge in [-0.3, -0.25) is 13.9 Å². The van der Waals surface area contributed by atoms with E-state index in [1.54, 1.807) is 17.6 Å². The van der Waals surface area contributed by atoms with E-state index in [0.29, 0.717) is 24.1 Å². The minimum Gasteiger partial charge on any atom is -0.293 e. The highest BCUT2D eigenvalue weighted by Gasteiger charge is 2.16. The van der Waals surface area contributed by atoms with Crippen LogP contribution in [0.1, 0.15) is 35.7 Å². The Morgan fingerprint density at radius 2 is 1.64 bits per heavy atom. The molecule has 0 N–H and O–H groups in total. The molecule has 28 heavy (non-hydrogen) atoms. The van der Waals surface area contributed by atoms with E-state index in [2.05, 4.69) is 6.07 Å². The van der Waals surface area contributed by atoms with Crippen LogP contribution in [0.5, 0.6) is 0 Å². The molecule has 0 saturated carbocycles. The first kappa shape index (κ1) is 19.4. The second kappa shape index (κ2) is 8.10. The van der Waals surface area contributed by atoms with E-state index >= 15 is 0 Å². The Morgan fingerprint density at radius 1 is 1.00 bits per heavy atom. The number of benzene rings is 2. The van der Waals surface area contributed by atoms with Gasteiger partial charge in [0, 0.05) is 18.3 Å². The summed E-state index contributed by atoms with van der Waals surface area (Å²) in [6, 6.07) is 17.5. The van der Waals surface area contributed by atoms with E-state index < -0.39 is 0 Å². The van der Waals surface area contributed by atoms with Crippen molar-refractivity contribution in [3.63, 3.8) is 0 Å². The predicted molar refractivity (Wildman–Crippen MR) is 110 cm³/mol. The zero-order valence-corrected chi connectivity index (χ0v) is 16.4. The summed E-state index contributed by atoms with van der Waals surface area (Å²) in [6.07, 6.45) is 1.50. The lowest BCUT2D eigenvalue weighted by atomic mass is 9.95. The van der Waals surface area contributed by atoms with Gasteiger partial charge in [-0.15, -0.1) is 0 Å². The molecule has 0 amide bonds. The molecule has 0 bridgehead atoms. The predicted octanol–water partition coefficient (Wildman–Crippen LogP) is 3.39. The first-order chi connectivity index (χ1) is 13.5. The molecule has 3 rings (SSSR count). The van der Waals surface area contributed by atoms with Crippen LogP contribution in [0.4, 0.5) is 0 Å². The second-order valence-electron chi connectivity index (χ2n) is 6.87. The topological polar surface area (TPSA) is 67.8 Å². The molecule has 0 radical (unpaired) electrons. The summed E-state index contributed by atoms with van der Waals surface area (Å²) in [5, 5.41) is 9.48. The van der Waals surface area contributed by atoms with Crippen molar-refractivity contribution < 1.29 is 0 Å². The maximum Gasteiger partial charge on any atom is 0.331 e. The zero-order chi connectivity index (χ0) is 20.3. The van der Waals surface area contributed by atoms with Gasteiger partial charge in [0.05, 0.1) is 18.2 Å². The Balaban J connectivity index is 2.21. The third kappa shape index (κ3) is 3.41. The normalized spacial score (nSPS) is 10.6. The molecule has 0 aliphatic carbocycles. The van der Waals surface area contributed by atoms with Gasteiger partial charge in [-0.25, -0.2) is 4.79 Å². The summed E-state index contributed by atoms with van der Waals surface area (Å²) in [7, 11) is 1.51. The van der Waals surface area contributed by atoms with E-state index in [4.69, 9.17) is 0 Å². The molecule has 142 valence electrons. The number of hydrogen-bond donors (Lipinski definition) is 0. The molecular formula is C23H23N3O2. The average Bonchev–Trinajstić information content (AvgIpc) is 2.73. The van der Waals surface area contributed by atoms with Crippen molar-refractivity contribution in [2.75, 3.05) is 0 Å². The van der Waals surface area contributed by atoms with Gasteiger partial charge in [-0.05, 0) is 36.1 Å². The molecule has 1 heterocycles. The Bertz CT molecular complexity index is 1180. The van der Waals surface area contributed by atoms with Crippen LogP contribution in [0, 0.1) is 18.3 Å². The van der Waals surface area contributed by atoms with Crippen LogP contribution in [0.15, 0.2) is 58.1 Å². The molecule has 5 heteroatoms. The van der Waals surface area contributed by atoms with E-state index in [9.17, 15) is 14.9 Å². The van der Waals surface area contributed by atoms with Crippen molar-refractivity contribution in [1.82, 2.24) is 9.13 Å². The maximum atomic E-state index is 12.9. The Kier molecular flexibility index (Phi) is 5.60. The lowest BCUT2D eigenvalue weighted by molar-refractivity contribution is 0.598. The fourth-order valence-corrected chi connectivity index (χ4v) is 3.59. The summed E-state index contributed by atoms with van der Waals surface area (Å²) < 4.78 is 2.86. The standard InChI is InChI=1S/C23H23N3O2/c1-4-9-21-16(2)22(27)25(3)23(28)26(21)15-18-11-6-8-13-20(18)19-12-7-5-10-17(19)14-24/h5-8,10-13H,4,9,15H2,1-3H3. The minimum atomic E-state index is -0.317. The Hall–Kier alpha value is -3.39. The number of nitrogens with zero attached hydrogens (tertiary/aromatic N) is 3. The molecule has 3 aromatic rings. The Morgan fingerprint density at radius 3 is 2.32 bits per heavy atom. The van der Waals surface area contributed by atoms with E-state index in [1.165, 1.54) is 11.6 Å². The Labute approximate surface area is 164 Å². The highest BCUT2D eigenvalue weighted by atomic mass is 16.2. The van der Waals surface area contributed by atoms with E-state index in [1.807, 2.05) is 49.4 Å². The summed E-state index contributed by atoms with van der Waals surface area (Å²) >= 11 is 0. The molecule has 0 atom stereocenters. The van der Waals surface area contributed by atoms with Gasteiger partial charge >= 0.3 is 5.69 Å². The molecule has 0 unspecified atom stereocenters. The van der Waals surface area contributed by atoms with Crippen molar-refractivity contribution >= 4 is 0 Å². The van der Waals surface area contributed by atoms with E-state index in [0.717, 1.165) is 28.8 Å². The fourth-order valence-electron chi connectivity index (χ4n) is 3.59. The minimum absolute atomic E-state index is 0.243. The summed E-state index contributed by atoms with van der Waals surface area (Å²) in [6.45, 7) is 4.15. The molecule has 1 aromatic heterocycles. The summed E-state index contributed by atoms with van der Waals surface area (Å²) in [5.41, 5.74) is 4.11. The van der Waals surface area contributed by atoms with Gasteiger partial charge in [-0.1, -0.05) is 55.8 Å². The maximum absolute atomic E-state index is 12.9. The first-order valence-corrected chi connectivity index (χ1v) is 9.36. The van der Waals surface area contributed by atoms with Crippen molar-refractivity contribution in [2.24, 2.45) is 7.05 Å². The molecule has 0 aliphatic rings. The highest BCUT2D eigenvalue weighted by Crippen LogP contribution is 2.27.